The van der Waals surface area contributed by atoms with Gasteiger partial charge in [-0.05, 0) is 38.1 Å². The first-order chi connectivity index (χ1) is 11.3. The zero-order valence-corrected chi connectivity index (χ0v) is 13.9. The Labute approximate surface area is 136 Å². The van der Waals surface area contributed by atoms with E-state index in [0.717, 1.165) is 43.4 Å². The Kier molecular flexibility index (Phi) is 4.98. The minimum Gasteiger partial charge on any atom is -0.467 e. The van der Waals surface area contributed by atoms with Gasteiger partial charge in [-0.25, -0.2) is 4.98 Å². The molecule has 0 unspecified atom stereocenters. The van der Waals surface area contributed by atoms with Gasteiger partial charge in [0.05, 0.1) is 50.0 Å². The first-order valence-electron chi connectivity index (χ1n) is 8.37. The molecule has 122 valence electrons. The maximum Gasteiger partial charge on any atom is 0.204 e. The van der Waals surface area contributed by atoms with Crippen LogP contribution in [0.15, 0.2) is 47.1 Å². The largest absolute Gasteiger partial charge is 0.467 e. The number of benzene rings is 1. The average Bonchev–Trinajstić information content (AvgIpc) is 3.21. The number of aromatic nitrogens is 2. The summed E-state index contributed by atoms with van der Waals surface area (Å²) < 4.78 is 7.68. The Bertz CT molecular complexity index is 729. The van der Waals surface area contributed by atoms with Crippen LogP contribution in [0.25, 0.3) is 11.0 Å². The fourth-order valence-corrected chi connectivity index (χ4v) is 2.89. The minimum absolute atomic E-state index is 0.647. The van der Waals surface area contributed by atoms with Gasteiger partial charge in [0.1, 0.15) is 5.76 Å². The van der Waals surface area contributed by atoms with Gasteiger partial charge < -0.3 is 19.2 Å². The lowest BCUT2D eigenvalue weighted by Crippen LogP contribution is -3.11. The number of fused-ring (bicyclic) bond motifs is 1. The molecule has 3 rings (SSSR count). The van der Waals surface area contributed by atoms with E-state index in [1.807, 2.05) is 18.2 Å². The number of anilines is 1. The van der Waals surface area contributed by atoms with Gasteiger partial charge in [-0.15, -0.1) is 0 Å². The van der Waals surface area contributed by atoms with Crippen molar-refractivity contribution in [3.05, 3.63) is 48.4 Å². The van der Waals surface area contributed by atoms with Crippen molar-refractivity contribution in [3.63, 3.8) is 0 Å². The smallest absolute Gasteiger partial charge is 0.204 e. The molecule has 0 radical (unpaired) electrons. The zero-order chi connectivity index (χ0) is 16.1. The molecule has 5 heteroatoms. The fraction of sp³-hybridized carbons (Fsp3) is 0.389. The maximum atomic E-state index is 5.40. The van der Waals surface area contributed by atoms with Crippen molar-refractivity contribution in [3.8, 4) is 0 Å². The first kappa shape index (κ1) is 15.6. The summed E-state index contributed by atoms with van der Waals surface area (Å²) in [4.78, 5) is 6.34. The fourth-order valence-electron chi connectivity index (χ4n) is 2.89. The van der Waals surface area contributed by atoms with E-state index in [1.165, 1.54) is 5.52 Å². The molecule has 2 N–H and O–H groups in total. The van der Waals surface area contributed by atoms with E-state index in [-0.39, 0.29) is 0 Å². The van der Waals surface area contributed by atoms with Crippen LogP contribution in [0.2, 0.25) is 0 Å². The molecule has 0 fully saturated rings. The second kappa shape index (κ2) is 7.33. The van der Waals surface area contributed by atoms with E-state index in [1.54, 1.807) is 11.2 Å². The predicted molar refractivity (Wildman–Crippen MR) is 92.7 cm³/mol. The number of likely N-dealkylation sites (N-methyl/N-ethyl adjacent to an activating group) is 1. The molecule has 0 aliphatic heterocycles. The summed E-state index contributed by atoms with van der Waals surface area (Å²) >= 11 is 0. The zero-order valence-electron chi connectivity index (χ0n) is 13.9. The quantitative estimate of drug-likeness (QED) is 0.670. The summed E-state index contributed by atoms with van der Waals surface area (Å²) in [5, 5.41) is 3.41. The number of hydrogen-bond donors (Lipinski definition) is 2. The first-order valence-corrected chi connectivity index (χ1v) is 8.37. The van der Waals surface area contributed by atoms with Crippen LogP contribution in [0.5, 0.6) is 0 Å². The summed E-state index contributed by atoms with van der Waals surface area (Å²) in [6, 6.07) is 12.2. The SMILES string of the molecule is CC[NH+](CC)CCn1c(NCc2ccco2)nc2ccccc21. The molecular weight excluding hydrogens is 288 g/mol. The third-order valence-electron chi connectivity index (χ3n) is 4.34. The minimum atomic E-state index is 0.647. The summed E-state index contributed by atoms with van der Waals surface area (Å²) in [6.07, 6.45) is 1.70. The van der Waals surface area contributed by atoms with Gasteiger partial charge in [0.15, 0.2) is 0 Å². The number of quaternary nitrogens is 1. The molecule has 0 saturated heterocycles. The second-order valence-electron chi connectivity index (χ2n) is 5.72. The Balaban J connectivity index is 1.82. The molecule has 1 aromatic carbocycles. The molecule has 0 bridgehead atoms. The van der Waals surface area contributed by atoms with Crippen LogP contribution in [0, 0.1) is 0 Å². The highest BCUT2D eigenvalue weighted by atomic mass is 16.3. The predicted octanol–water partition coefficient (Wildman–Crippen LogP) is 2.17. The van der Waals surface area contributed by atoms with Crippen LogP contribution in [0.4, 0.5) is 5.95 Å². The summed E-state index contributed by atoms with van der Waals surface area (Å²) in [6.45, 7) is 9.48. The van der Waals surface area contributed by atoms with Crippen LogP contribution >= 0.6 is 0 Å². The molecule has 3 aromatic rings. The Morgan fingerprint density at radius 3 is 2.70 bits per heavy atom. The average molecular weight is 313 g/mol. The van der Waals surface area contributed by atoms with Crippen LogP contribution in [-0.2, 0) is 13.1 Å². The van der Waals surface area contributed by atoms with Gasteiger partial charge in [0, 0.05) is 0 Å². The summed E-state index contributed by atoms with van der Waals surface area (Å²) in [7, 11) is 0. The molecule has 0 aliphatic carbocycles. The number of imidazole rings is 1. The van der Waals surface area contributed by atoms with Crippen molar-refractivity contribution in [2.45, 2.75) is 26.9 Å². The topological polar surface area (TPSA) is 47.4 Å². The second-order valence-corrected chi connectivity index (χ2v) is 5.72. The lowest BCUT2D eigenvalue weighted by molar-refractivity contribution is -0.897. The number of para-hydroxylation sites is 2. The molecule has 2 aromatic heterocycles. The van der Waals surface area contributed by atoms with Gasteiger partial charge in [-0.3, -0.25) is 0 Å². The molecule has 0 amide bonds. The van der Waals surface area contributed by atoms with Gasteiger partial charge in [-0.2, -0.15) is 0 Å². The van der Waals surface area contributed by atoms with Crippen LogP contribution in [0.3, 0.4) is 0 Å². The van der Waals surface area contributed by atoms with Crippen molar-refractivity contribution in [2.24, 2.45) is 0 Å². The van der Waals surface area contributed by atoms with Crippen molar-refractivity contribution < 1.29 is 9.32 Å². The van der Waals surface area contributed by atoms with Crippen molar-refractivity contribution >= 4 is 17.0 Å². The number of rotatable bonds is 8. The van der Waals surface area contributed by atoms with Crippen LogP contribution < -0.4 is 10.2 Å². The molecule has 0 atom stereocenters. The van der Waals surface area contributed by atoms with Crippen molar-refractivity contribution in [1.29, 1.82) is 0 Å². The van der Waals surface area contributed by atoms with Gasteiger partial charge >= 0.3 is 0 Å². The van der Waals surface area contributed by atoms with Gasteiger partial charge in [0.2, 0.25) is 5.95 Å². The Morgan fingerprint density at radius 2 is 1.96 bits per heavy atom. The Hall–Kier alpha value is -2.27. The van der Waals surface area contributed by atoms with E-state index in [9.17, 15) is 0 Å². The number of nitrogens with zero attached hydrogens (tertiary/aromatic N) is 2. The van der Waals surface area contributed by atoms with E-state index < -0.39 is 0 Å². The molecule has 0 aliphatic rings. The monoisotopic (exact) mass is 313 g/mol. The maximum absolute atomic E-state index is 5.40. The molecular formula is C18H25N4O+. The highest BCUT2D eigenvalue weighted by molar-refractivity contribution is 5.78. The normalized spacial score (nSPS) is 11.4. The molecule has 0 saturated carbocycles. The van der Waals surface area contributed by atoms with Crippen LogP contribution in [0.1, 0.15) is 19.6 Å². The van der Waals surface area contributed by atoms with Gasteiger partial charge in [-0.1, -0.05) is 12.1 Å². The molecule has 5 nitrogen and oxygen atoms in total. The lowest BCUT2D eigenvalue weighted by Gasteiger charge is -2.17. The van der Waals surface area contributed by atoms with E-state index in [2.05, 4.69) is 41.9 Å². The number of hydrogen-bond acceptors (Lipinski definition) is 3. The third-order valence-corrected chi connectivity index (χ3v) is 4.34. The molecule has 23 heavy (non-hydrogen) atoms. The summed E-state index contributed by atoms with van der Waals surface area (Å²) in [5.41, 5.74) is 2.21. The standard InChI is InChI=1S/C18H24N4O/c1-3-21(4-2)11-12-22-17-10-6-5-9-16(17)20-18(22)19-14-15-8-7-13-23-15/h5-10,13H,3-4,11-12,14H2,1-2H3,(H,19,20)/p+1. The lowest BCUT2D eigenvalue weighted by atomic mass is 10.3. The van der Waals surface area contributed by atoms with Crippen molar-refractivity contribution in [1.82, 2.24) is 9.55 Å². The molecule has 0 spiro atoms. The highest BCUT2D eigenvalue weighted by Gasteiger charge is 2.12. The van der Waals surface area contributed by atoms with Crippen molar-refractivity contribution in [2.75, 3.05) is 25.0 Å². The molecule has 2 heterocycles. The highest BCUT2D eigenvalue weighted by Crippen LogP contribution is 2.19. The number of nitrogens with one attached hydrogen (secondary N) is 2. The van der Waals surface area contributed by atoms with E-state index >= 15 is 0 Å². The Morgan fingerprint density at radius 1 is 1.13 bits per heavy atom. The van der Waals surface area contributed by atoms with Gasteiger partial charge in [0.25, 0.3) is 0 Å². The van der Waals surface area contributed by atoms with E-state index in [4.69, 9.17) is 9.40 Å². The third kappa shape index (κ3) is 3.56. The van der Waals surface area contributed by atoms with E-state index in [0.29, 0.717) is 6.54 Å². The van der Waals surface area contributed by atoms with Crippen LogP contribution in [-0.4, -0.2) is 29.2 Å². The number of furan rings is 1. The summed E-state index contributed by atoms with van der Waals surface area (Å²) in [5.74, 6) is 1.83.